The van der Waals surface area contributed by atoms with Crippen LogP contribution in [0.5, 0.6) is 0 Å². The molecule has 17 heavy (non-hydrogen) atoms. The summed E-state index contributed by atoms with van der Waals surface area (Å²) in [7, 11) is -3.67. The van der Waals surface area contributed by atoms with E-state index < -0.39 is 10.0 Å². The third kappa shape index (κ3) is 3.80. The lowest BCUT2D eigenvalue weighted by Crippen LogP contribution is -2.32. The standard InChI is InChI=1S/C11H15N3O2S/c1-11(2,3)8-14-17(15,16)10-5-4-6-13-9(10)7-12/h4-6,14H,8H2,1-3H3. The lowest BCUT2D eigenvalue weighted by Gasteiger charge is -2.18. The van der Waals surface area contributed by atoms with Gasteiger partial charge in [0.2, 0.25) is 10.0 Å². The van der Waals surface area contributed by atoms with Crippen molar-refractivity contribution in [2.24, 2.45) is 5.41 Å². The Kier molecular flexibility index (Phi) is 3.86. The summed E-state index contributed by atoms with van der Waals surface area (Å²) in [5.74, 6) is 0. The minimum absolute atomic E-state index is 0.0771. The number of hydrogen-bond acceptors (Lipinski definition) is 4. The van der Waals surface area contributed by atoms with E-state index in [1.54, 1.807) is 6.07 Å². The first-order chi connectivity index (χ1) is 7.76. The molecule has 0 radical (unpaired) electrons. The Balaban J connectivity index is 3.03. The molecule has 1 aromatic rings. The van der Waals surface area contributed by atoms with E-state index in [0.717, 1.165) is 0 Å². The monoisotopic (exact) mass is 253 g/mol. The highest BCUT2D eigenvalue weighted by Crippen LogP contribution is 2.15. The molecule has 1 heterocycles. The molecule has 5 nitrogen and oxygen atoms in total. The molecule has 1 rings (SSSR count). The van der Waals surface area contributed by atoms with Gasteiger partial charge in [0.25, 0.3) is 0 Å². The summed E-state index contributed by atoms with van der Waals surface area (Å²) in [6.07, 6.45) is 1.39. The highest BCUT2D eigenvalue weighted by Gasteiger charge is 2.21. The Hall–Kier alpha value is -1.45. The van der Waals surface area contributed by atoms with Crippen molar-refractivity contribution in [2.75, 3.05) is 6.54 Å². The Bertz CT molecular complexity index is 539. The Morgan fingerprint density at radius 2 is 2.12 bits per heavy atom. The summed E-state index contributed by atoms with van der Waals surface area (Å²) < 4.78 is 26.4. The van der Waals surface area contributed by atoms with Crippen LogP contribution < -0.4 is 4.72 Å². The quantitative estimate of drug-likeness (QED) is 0.879. The first kappa shape index (κ1) is 13.6. The van der Waals surface area contributed by atoms with E-state index in [-0.39, 0.29) is 16.0 Å². The second-order valence-corrected chi connectivity index (χ2v) is 6.58. The second-order valence-electron chi connectivity index (χ2n) is 4.85. The molecule has 6 heteroatoms. The summed E-state index contributed by atoms with van der Waals surface area (Å²) in [6, 6.07) is 4.63. The van der Waals surface area contributed by atoms with E-state index >= 15 is 0 Å². The van der Waals surface area contributed by atoms with Crippen molar-refractivity contribution < 1.29 is 8.42 Å². The van der Waals surface area contributed by atoms with Crippen molar-refractivity contribution in [2.45, 2.75) is 25.7 Å². The predicted octanol–water partition coefficient (Wildman–Crippen LogP) is 1.28. The lowest BCUT2D eigenvalue weighted by molar-refractivity contribution is 0.407. The fourth-order valence-corrected chi connectivity index (χ4v) is 2.47. The van der Waals surface area contributed by atoms with Gasteiger partial charge in [-0.3, -0.25) is 0 Å². The average molecular weight is 253 g/mol. The summed E-state index contributed by atoms with van der Waals surface area (Å²) in [6.45, 7) is 6.06. The van der Waals surface area contributed by atoms with E-state index in [1.165, 1.54) is 18.3 Å². The molecule has 0 aromatic carbocycles. The first-order valence-corrected chi connectivity index (χ1v) is 6.59. The third-order valence-electron chi connectivity index (χ3n) is 1.96. The lowest BCUT2D eigenvalue weighted by atomic mass is 9.98. The van der Waals surface area contributed by atoms with Gasteiger partial charge in [0.15, 0.2) is 5.69 Å². The number of nitrogens with zero attached hydrogens (tertiary/aromatic N) is 2. The number of aromatic nitrogens is 1. The molecule has 0 saturated heterocycles. The molecule has 0 saturated carbocycles. The molecule has 0 atom stereocenters. The van der Waals surface area contributed by atoms with Crippen molar-refractivity contribution in [1.29, 1.82) is 5.26 Å². The number of nitriles is 1. The summed E-state index contributed by atoms with van der Waals surface area (Å²) in [5, 5.41) is 8.81. The zero-order valence-electron chi connectivity index (χ0n) is 10.1. The average Bonchev–Trinajstić information content (AvgIpc) is 2.26. The van der Waals surface area contributed by atoms with E-state index in [2.05, 4.69) is 9.71 Å². The van der Waals surface area contributed by atoms with E-state index in [9.17, 15) is 8.42 Å². The normalized spacial score (nSPS) is 12.1. The fourth-order valence-electron chi connectivity index (χ4n) is 1.08. The maximum absolute atomic E-state index is 12.0. The number of rotatable bonds is 3. The van der Waals surface area contributed by atoms with Crippen LogP contribution in [-0.2, 0) is 10.0 Å². The SMILES string of the molecule is CC(C)(C)CNS(=O)(=O)c1cccnc1C#N. The Morgan fingerprint density at radius 1 is 1.47 bits per heavy atom. The van der Waals surface area contributed by atoms with Crippen molar-refractivity contribution in [1.82, 2.24) is 9.71 Å². The molecule has 0 aliphatic heterocycles. The topological polar surface area (TPSA) is 82.8 Å². The van der Waals surface area contributed by atoms with Gasteiger partial charge in [-0.05, 0) is 17.5 Å². The molecule has 1 N–H and O–H groups in total. The molecule has 0 spiro atoms. The summed E-state index contributed by atoms with van der Waals surface area (Å²) >= 11 is 0. The molecule has 1 aromatic heterocycles. The summed E-state index contributed by atoms with van der Waals surface area (Å²) in [5.41, 5.74) is -0.254. The third-order valence-corrected chi connectivity index (χ3v) is 3.39. The van der Waals surface area contributed by atoms with Crippen LogP contribution in [0.2, 0.25) is 0 Å². The van der Waals surface area contributed by atoms with E-state index in [0.29, 0.717) is 6.54 Å². The van der Waals surface area contributed by atoms with Crippen molar-refractivity contribution in [3.8, 4) is 6.07 Å². The Morgan fingerprint density at radius 3 is 2.65 bits per heavy atom. The molecule has 0 aliphatic carbocycles. The zero-order valence-corrected chi connectivity index (χ0v) is 10.9. The summed E-state index contributed by atoms with van der Waals surface area (Å²) in [4.78, 5) is 3.65. The zero-order chi connectivity index (χ0) is 13.1. The van der Waals surface area contributed by atoms with Crippen LogP contribution in [0.15, 0.2) is 23.2 Å². The predicted molar refractivity (Wildman–Crippen MR) is 63.6 cm³/mol. The number of sulfonamides is 1. The minimum Gasteiger partial charge on any atom is -0.244 e. The largest absolute Gasteiger partial charge is 0.244 e. The van der Waals surface area contributed by atoms with Crippen molar-refractivity contribution in [3.63, 3.8) is 0 Å². The van der Waals surface area contributed by atoms with Gasteiger partial charge < -0.3 is 0 Å². The van der Waals surface area contributed by atoms with Crippen LogP contribution in [-0.4, -0.2) is 19.9 Å². The van der Waals surface area contributed by atoms with Crippen molar-refractivity contribution >= 4 is 10.0 Å². The smallest absolute Gasteiger partial charge is 0.243 e. The van der Waals surface area contributed by atoms with Gasteiger partial charge >= 0.3 is 0 Å². The van der Waals surface area contributed by atoms with Gasteiger partial charge in [0, 0.05) is 12.7 Å². The van der Waals surface area contributed by atoms with Crippen molar-refractivity contribution in [3.05, 3.63) is 24.0 Å². The number of nitrogens with one attached hydrogen (secondary N) is 1. The van der Waals surface area contributed by atoms with E-state index in [4.69, 9.17) is 5.26 Å². The highest BCUT2D eigenvalue weighted by atomic mass is 32.2. The van der Waals surface area contributed by atoms with Crippen LogP contribution in [0.1, 0.15) is 26.5 Å². The van der Waals surface area contributed by atoms with Gasteiger partial charge in [-0.1, -0.05) is 20.8 Å². The fraction of sp³-hybridized carbons (Fsp3) is 0.455. The number of hydrogen-bond donors (Lipinski definition) is 1. The first-order valence-electron chi connectivity index (χ1n) is 5.11. The molecule has 0 fully saturated rings. The van der Waals surface area contributed by atoms with Gasteiger partial charge in [0.1, 0.15) is 11.0 Å². The Labute approximate surface area is 102 Å². The molecule has 92 valence electrons. The maximum atomic E-state index is 12.0. The molecule has 0 bridgehead atoms. The van der Waals surface area contributed by atoms with Crippen LogP contribution >= 0.6 is 0 Å². The molecular formula is C11H15N3O2S. The van der Waals surface area contributed by atoms with Crippen LogP contribution in [0.3, 0.4) is 0 Å². The van der Waals surface area contributed by atoms with E-state index in [1.807, 2.05) is 20.8 Å². The maximum Gasteiger partial charge on any atom is 0.243 e. The minimum atomic E-state index is -3.67. The highest BCUT2D eigenvalue weighted by molar-refractivity contribution is 7.89. The number of pyridine rings is 1. The van der Waals surface area contributed by atoms with Crippen LogP contribution in [0, 0.1) is 16.7 Å². The van der Waals surface area contributed by atoms with Crippen LogP contribution in [0.25, 0.3) is 0 Å². The molecule has 0 aliphatic rings. The second kappa shape index (κ2) is 4.82. The molecule has 0 unspecified atom stereocenters. The molecular weight excluding hydrogens is 238 g/mol. The van der Waals surface area contributed by atoms with Gasteiger partial charge in [-0.15, -0.1) is 0 Å². The molecule has 0 amide bonds. The van der Waals surface area contributed by atoms with Crippen LogP contribution in [0.4, 0.5) is 0 Å². The van der Waals surface area contributed by atoms with Gasteiger partial charge in [-0.25, -0.2) is 18.1 Å². The van der Waals surface area contributed by atoms with Gasteiger partial charge in [-0.2, -0.15) is 5.26 Å². The van der Waals surface area contributed by atoms with Gasteiger partial charge in [0.05, 0.1) is 0 Å².